The molecule has 0 radical (unpaired) electrons. The fraction of sp³-hybridized carbons (Fsp3) is 0.500. The van der Waals surface area contributed by atoms with E-state index in [2.05, 4.69) is 21.4 Å². The molecular formula is C2H2Cl2O3. The quantitative estimate of drug-likeness (QED) is 0.255. The van der Waals surface area contributed by atoms with Crippen LogP contribution in [0.15, 0.2) is 0 Å². The molecule has 0 aliphatic rings. The fourth-order valence-electron chi connectivity index (χ4n) is 0.0686. The van der Waals surface area contributed by atoms with E-state index >= 15 is 0 Å². The van der Waals surface area contributed by atoms with Gasteiger partial charge in [-0.1, -0.05) is 11.6 Å². The predicted octanol–water partition coefficient (Wildman–Crippen LogP) is 1.49. The van der Waals surface area contributed by atoms with Crippen LogP contribution in [-0.2, 0) is 9.78 Å². The molecule has 0 aromatic rings. The highest BCUT2D eigenvalue weighted by atomic mass is 35.5. The van der Waals surface area contributed by atoms with Gasteiger partial charge < -0.3 is 0 Å². The van der Waals surface area contributed by atoms with Crippen molar-refractivity contribution in [3.05, 3.63) is 0 Å². The first-order valence-corrected chi connectivity index (χ1v) is 2.23. The molecular weight excluding hydrogens is 143 g/mol. The van der Waals surface area contributed by atoms with Gasteiger partial charge in [0.25, 0.3) is 0 Å². The van der Waals surface area contributed by atoms with E-state index in [1.807, 2.05) is 0 Å². The molecule has 0 saturated heterocycles. The summed E-state index contributed by atoms with van der Waals surface area (Å²) in [4.78, 5) is 17.1. The van der Waals surface area contributed by atoms with E-state index < -0.39 is 5.43 Å². The van der Waals surface area contributed by atoms with Crippen molar-refractivity contribution in [2.75, 3.05) is 6.07 Å². The van der Waals surface area contributed by atoms with Crippen molar-refractivity contribution in [1.29, 1.82) is 0 Å². The highest BCUT2D eigenvalue weighted by molar-refractivity contribution is 6.61. The van der Waals surface area contributed by atoms with Crippen molar-refractivity contribution in [2.45, 2.75) is 0 Å². The molecule has 0 bridgehead atoms. The highest BCUT2D eigenvalue weighted by Gasteiger charge is 1.91. The zero-order chi connectivity index (χ0) is 5.70. The normalized spacial score (nSPS) is 8.29. The van der Waals surface area contributed by atoms with E-state index in [9.17, 15) is 4.79 Å². The number of alkyl halides is 1. The molecule has 0 saturated carbocycles. The number of carbonyl (C=O) groups is 1. The van der Waals surface area contributed by atoms with E-state index in [1.54, 1.807) is 0 Å². The standard InChI is InChI=1S/C2H2Cl2O3/c3-1-6-7-2(4)5/h1H2. The van der Waals surface area contributed by atoms with Gasteiger partial charge in [0.1, 0.15) is 0 Å². The van der Waals surface area contributed by atoms with Gasteiger partial charge in [0, 0.05) is 11.6 Å². The third-order valence-electron chi connectivity index (χ3n) is 0.169. The second kappa shape index (κ2) is 4.18. The monoisotopic (exact) mass is 144 g/mol. The van der Waals surface area contributed by atoms with Gasteiger partial charge in [0.2, 0.25) is 0 Å². The average molecular weight is 145 g/mol. The van der Waals surface area contributed by atoms with Gasteiger partial charge in [-0.15, -0.1) is 0 Å². The smallest absolute Gasteiger partial charge is 0.279 e. The highest BCUT2D eigenvalue weighted by Crippen LogP contribution is 1.88. The summed E-state index contributed by atoms with van der Waals surface area (Å²) in [6, 6.07) is -0.210. The number of carbonyl (C=O) groups excluding carboxylic acids is 1. The maximum atomic E-state index is 9.56. The first-order valence-electron chi connectivity index (χ1n) is 1.32. The molecule has 0 aliphatic carbocycles. The van der Waals surface area contributed by atoms with Crippen LogP contribution in [0, 0.1) is 0 Å². The number of rotatable bonds is 2. The molecule has 0 fully saturated rings. The lowest BCUT2D eigenvalue weighted by Gasteiger charge is -1.89. The number of halogens is 2. The first-order chi connectivity index (χ1) is 3.27. The Hall–Kier alpha value is 0.01000. The van der Waals surface area contributed by atoms with Crippen LogP contribution >= 0.6 is 23.2 Å². The Kier molecular flexibility index (Phi) is 4.18. The molecule has 0 unspecified atom stereocenters. The van der Waals surface area contributed by atoms with Crippen molar-refractivity contribution in [2.24, 2.45) is 0 Å². The minimum atomic E-state index is -1.03. The molecule has 3 nitrogen and oxygen atoms in total. The zero-order valence-corrected chi connectivity index (χ0v) is 4.70. The summed E-state index contributed by atoms with van der Waals surface area (Å²) >= 11 is 9.50. The molecule has 0 rings (SSSR count). The molecule has 0 amide bonds. The van der Waals surface area contributed by atoms with Crippen LogP contribution in [-0.4, -0.2) is 11.5 Å². The van der Waals surface area contributed by atoms with E-state index in [0.29, 0.717) is 0 Å². The van der Waals surface area contributed by atoms with Crippen LogP contribution in [0.5, 0.6) is 0 Å². The molecule has 0 heterocycles. The molecule has 7 heavy (non-hydrogen) atoms. The third-order valence-corrected chi connectivity index (χ3v) is 0.321. The van der Waals surface area contributed by atoms with Crippen molar-refractivity contribution in [1.82, 2.24) is 0 Å². The summed E-state index contributed by atoms with van der Waals surface area (Å²) in [5, 5.41) is 0. The van der Waals surface area contributed by atoms with Gasteiger partial charge in [-0.2, -0.15) is 4.89 Å². The first kappa shape index (κ1) is 7.01. The summed E-state index contributed by atoms with van der Waals surface area (Å²) in [7, 11) is 0. The van der Waals surface area contributed by atoms with E-state index in [0.717, 1.165) is 0 Å². The predicted molar refractivity (Wildman–Crippen MR) is 24.1 cm³/mol. The zero-order valence-electron chi connectivity index (χ0n) is 3.19. The van der Waals surface area contributed by atoms with Crippen molar-refractivity contribution < 1.29 is 14.6 Å². The third kappa shape index (κ3) is 6.01. The summed E-state index contributed by atoms with van der Waals surface area (Å²) in [5.41, 5.74) is -1.03. The molecule has 5 heteroatoms. The molecule has 0 aliphatic heterocycles. The SMILES string of the molecule is O=C(Cl)OOCCl. The molecule has 0 aromatic carbocycles. The topological polar surface area (TPSA) is 35.5 Å². The van der Waals surface area contributed by atoms with Crippen LogP contribution in [0.25, 0.3) is 0 Å². The molecule has 0 spiro atoms. The maximum Gasteiger partial charge on any atom is 0.435 e. The van der Waals surface area contributed by atoms with Crippen LogP contribution < -0.4 is 0 Å². The maximum absolute atomic E-state index is 9.56. The van der Waals surface area contributed by atoms with E-state index in [4.69, 9.17) is 11.6 Å². The number of hydrogen-bond acceptors (Lipinski definition) is 3. The Labute approximate surface area is 50.0 Å². The Morgan fingerprint density at radius 1 is 1.71 bits per heavy atom. The Bertz CT molecular complexity index is 64.0. The lowest BCUT2D eigenvalue weighted by Crippen LogP contribution is -1.92. The van der Waals surface area contributed by atoms with Gasteiger partial charge in [0.15, 0.2) is 6.07 Å². The number of hydrogen-bond donors (Lipinski definition) is 0. The van der Waals surface area contributed by atoms with Gasteiger partial charge >= 0.3 is 5.43 Å². The lowest BCUT2D eigenvalue weighted by molar-refractivity contribution is -0.213. The molecule has 0 N–H and O–H groups in total. The van der Waals surface area contributed by atoms with Crippen LogP contribution in [0.2, 0.25) is 0 Å². The molecule has 42 valence electrons. The summed E-state index contributed by atoms with van der Waals surface area (Å²) < 4.78 is 0. The summed E-state index contributed by atoms with van der Waals surface area (Å²) in [6.07, 6.45) is 0. The van der Waals surface area contributed by atoms with Crippen LogP contribution in [0.3, 0.4) is 0 Å². The second-order valence-electron chi connectivity index (χ2n) is 0.548. The van der Waals surface area contributed by atoms with Crippen LogP contribution in [0.4, 0.5) is 4.79 Å². The molecule has 0 aromatic heterocycles. The van der Waals surface area contributed by atoms with E-state index in [-0.39, 0.29) is 6.07 Å². The Morgan fingerprint density at radius 3 is 2.43 bits per heavy atom. The van der Waals surface area contributed by atoms with Crippen molar-refractivity contribution >= 4 is 28.6 Å². The summed E-state index contributed by atoms with van der Waals surface area (Å²) in [5.74, 6) is 0. The van der Waals surface area contributed by atoms with Gasteiger partial charge in [-0.3, -0.25) is 4.89 Å². The van der Waals surface area contributed by atoms with Crippen molar-refractivity contribution in [3.63, 3.8) is 0 Å². The van der Waals surface area contributed by atoms with Gasteiger partial charge in [-0.25, -0.2) is 4.79 Å². The Balaban J connectivity index is 2.82. The lowest BCUT2D eigenvalue weighted by atomic mass is 11.6. The van der Waals surface area contributed by atoms with Gasteiger partial charge in [-0.05, 0) is 0 Å². The minimum absolute atomic E-state index is 0.210. The molecule has 0 atom stereocenters. The average Bonchev–Trinajstić information content (AvgIpc) is 1.61. The second-order valence-corrected chi connectivity index (χ2v) is 1.07. The van der Waals surface area contributed by atoms with Crippen LogP contribution in [0.1, 0.15) is 0 Å². The van der Waals surface area contributed by atoms with Gasteiger partial charge in [0.05, 0.1) is 0 Å². The summed E-state index contributed by atoms with van der Waals surface area (Å²) in [6.45, 7) is 0. The fourth-order valence-corrected chi connectivity index (χ4v) is 0.158. The van der Waals surface area contributed by atoms with E-state index in [1.165, 1.54) is 0 Å². The Morgan fingerprint density at radius 2 is 2.29 bits per heavy atom. The minimum Gasteiger partial charge on any atom is -0.279 e. The van der Waals surface area contributed by atoms with Crippen molar-refractivity contribution in [3.8, 4) is 0 Å². The largest absolute Gasteiger partial charge is 0.435 e.